The summed E-state index contributed by atoms with van der Waals surface area (Å²) in [7, 11) is 0. The number of ether oxygens (including phenoxy) is 1. The lowest BCUT2D eigenvalue weighted by Gasteiger charge is -2.43. The van der Waals surface area contributed by atoms with E-state index >= 15 is 0 Å². The number of hydrogen-bond acceptors (Lipinski definition) is 3. The van der Waals surface area contributed by atoms with E-state index < -0.39 is 0 Å². The molecule has 24 heavy (non-hydrogen) atoms. The molecule has 0 saturated carbocycles. The van der Waals surface area contributed by atoms with Gasteiger partial charge >= 0.3 is 0 Å². The summed E-state index contributed by atoms with van der Waals surface area (Å²) < 4.78 is 19.0. The predicted molar refractivity (Wildman–Crippen MR) is 92.1 cm³/mol. The Labute approximate surface area is 142 Å². The summed E-state index contributed by atoms with van der Waals surface area (Å²) in [6.07, 6.45) is 0. The first-order chi connectivity index (χ1) is 11.8. The summed E-state index contributed by atoms with van der Waals surface area (Å²) in [6.45, 7) is 5.46. The number of benzene rings is 2. The van der Waals surface area contributed by atoms with Gasteiger partial charge in [-0.3, -0.25) is 9.80 Å². The minimum atomic E-state index is -0.173. The van der Waals surface area contributed by atoms with E-state index in [0.717, 1.165) is 39.4 Å². The highest BCUT2D eigenvalue weighted by atomic mass is 19.1. The molecule has 2 atom stereocenters. The van der Waals surface area contributed by atoms with Gasteiger partial charge < -0.3 is 4.74 Å². The van der Waals surface area contributed by atoms with Crippen LogP contribution < -0.4 is 0 Å². The van der Waals surface area contributed by atoms with Crippen molar-refractivity contribution in [1.82, 2.24) is 9.80 Å². The first-order valence-corrected chi connectivity index (χ1v) is 8.62. The Morgan fingerprint density at radius 1 is 0.792 bits per heavy atom. The van der Waals surface area contributed by atoms with Gasteiger partial charge in [-0.05, 0) is 23.3 Å². The summed E-state index contributed by atoms with van der Waals surface area (Å²) in [5.41, 5.74) is 2.52. The molecule has 0 N–H and O–H groups in total. The van der Waals surface area contributed by atoms with Crippen LogP contribution in [0.3, 0.4) is 0 Å². The topological polar surface area (TPSA) is 15.7 Å². The highest BCUT2D eigenvalue weighted by Crippen LogP contribution is 2.24. The third-order valence-electron chi connectivity index (χ3n) is 5.07. The zero-order valence-electron chi connectivity index (χ0n) is 13.8. The van der Waals surface area contributed by atoms with Crippen LogP contribution in [0.4, 0.5) is 4.39 Å². The van der Waals surface area contributed by atoms with Gasteiger partial charge in [-0.25, -0.2) is 4.39 Å². The zero-order chi connectivity index (χ0) is 16.4. The van der Waals surface area contributed by atoms with Gasteiger partial charge in [0.2, 0.25) is 0 Å². The molecule has 0 aliphatic carbocycles. The lowest BCUT2D eigenvalue weighted by atomic mass is 10.1. The van der Waals surface area contributed by atoms with Crippen LogP contribution in [-0.4, -0.2) is 48.2 Å². The Hall–Kier alpha value is -1.75. The fourth-order valence-electron chi connectivity index (χ4n) is 3.76. The van der Waals surface area contributed by atoms with Crippen molar-refractivity contribution in [2.24, 2.45) is 0 Å². The van der Waals surface area contributed by atoms with Crippen LogP contribution in [0.25, 0.3) is 0 Å². The second kappa shape index (κ2) is 7.01. The van der Waals surface area contributed by atoms with Crippen molar-refractivity contribution in [3.63, 3.8) is 0 Å². The van der Waals surface area contributed by atoms with Gasteiger partial charge in [-0.15, -0.1) is 0 Å². The largest absolute Gasteiger partial charge is 0.378 e. The molecular weight excluding hydrogens is 303 g/mol. The van der Waals surface area contributed by atoms with Crippen LogP contribution in [0.5, 0.6) is 0 Å². The van der Waals surface area contributed by atoms with E-state index in [0.29, 0.717) is 12.1 Å². The number of hydrogen-bond donors (Lipinski definition) is 0. The van der Waals surface area contributed by atoms with E-state index in [4.69, 9.17) is 4.74 Å². The zero-order valence-corrected chi connectivity index (χ0v) is 13.8. The summed E-state index contributed by atoms with van der Waals surface area (Å²) in [6, 6.07) is 18.3. The second-order valence-corrected chi connectivity index (χ2v) is 6.82. The first-order valence-electron chi connectivity index (χ1n) is 8.62. The lowest BCUT2D eigenvalue weighted by Crippen LogP contribution is -2.57. The molecule has 2 aromatic rings. The van der Waals surface area contributed by atoms with Gasteiger partial charge in [0.15, 0.2) is 0 Å². The van der Waals surface area contributed by atoms with Crippen molar-refractivity contribution in [3.8, 4) is 0 Å². The van der Waals surface area contributed by atoms with E-state index in [2.05, 4.69) is 40.1 Å². The van der Waals surface area contributed by atoms with Crippen molar-refractivity contribution >= 4 is 0 Å². The van der Waals surface area contributed by atoms with Crippen LogP contribution in [-0.2, 0) is 17.8 Å². The predicted octanol–water partition coefficient (Wildman–Crippen LogP) is 2.91. The van der Waals surface area contributed by atoms with Crippen LogP contribution in [0.2, 0.25) is 0 Å². The maximum Gasteiger partial charge on any atom is 0.123 e. The third kappa shape index (κ3) is 3.51. The summed E-state index contributed by atoms with van der Waals surface area (Å²) in [5.74, 6) is -0.173. The third-order valence-corrected chi connectivity index (χ3v) is 5.07. The molecule has 3 fully saturated rings. The minimum absolute atomic E-state index is 0.173. The van der Waals surface area contributed by atoms with Crippen LogP contribution in [0.1, 0.15) is 11.1 Å². The van der Waals surface area contributed by atoms with Crippen molar-refractivity contribution < 1.29 is 9.13 Å². The van der Waals surface area contributed by atoms with E-state index in [-0.39, 0.29) is 5.82 Å². The van der Waals surface area contributed by atoms with Crippen LogP contribution in [0.15, 0.2) is 54.6 Å². The van der Waals surface area contributed by atoms with Gasteiger partial charge in [0.25, 0.3) is 0 Å². The molecule has 3 aliphatic heterocycles. The van der Waals surface area contributed by atoms with Gasteiger partial charge in [-0.2, -0.15) is 0 Å². The summed E-state index contributed by atoms with van der Waals surface area (Å²) in [5, 5.41) is 0. The molecule has 126 valence electrons. The molecule has 2 unspecified atom stereocenters. The molecule has 3 saturated heterocycles. The minimum Gasteiger partial charge on any atom is -0.378 e. The molecule has 0 aromatic heterocycles. The SMILES string of the molecule is Fc1ccc(CN2CC3COCC2CN3Cc2ccccc2)cc1. The summed E-state index contributed by atoms with van der Waals surface area (Å²) in [4.78, 5) is 5.04. The lowest BCUT2D eigenvalue weighted by molar-refractivity contribution is 0.0411. The van der Waals surface area contributed by atoms with Crippen molar-refractivity contribution in [2.45, 2.75) is 25.2 Å². The molecule has 0 radical (unpaired) electrons. The number of fused-ring (bicyclic) bond motifs is 4. The average molecular weight is 326 g/mol. The molecule has 0 spiro atoms. The molecule has 3 heterocycles. The van der Waals surface area contributed by atoms with Crippen molar-refractivity contribution in [2.75, 3.05) is 26.3 Å². The van der Waals surface area contributed by atoms with Gasteiger partial charge in [0, 0.05) is 38.3 Å². The normalized spacial score (nSPS) is 24.9. The van der Waals surface area contributed by atoms with Crippen molar-refractivity contribution in [1.29, 1.82) is 0 Å². The molecule has 0 amide bonds. The molecule has 4 heteroatoms. The Morgan fingerprint density at radius 2 is 1.33 bits per heavy atom. The molecule has 3 nitrogen and oxygen atoms in total. The number of nitrogens with zero attached hydrogens (tertiary/aromatic N) is 2. The van der Waals surface area contributed by atoms with E-state index in [9.17, 15) is 4.39 Å². The maximum absolute atomic E-state index is 13.1. The standard InChI is InChI=1S/C20H23FN2O/c21-18-8-6-17(7-9-18)11-23-13-19-14-24-15-20(23)12-22(19)10-16-4-2-1-3-5-16/h1-9,19-20H,10-15H2. The highest BCUT2D eigenvalue weighted by molar-refractivity contribution is 5.17. The van der Waals surface area contributed by atoms with Crippen molar-refractivity contribution in [3.05, 3.63) is 71.5 Å². The molecular formula is C20H23FN2O. The molecule has 2 aromatic carbocycles. The highest BCUT2D eigenvalue weighted by Gasteiger charge is 2.36. The average Bonchev–Trinajstić information content (AvgIpc) is 2.91. The fourth-order valence-corrected chi connectivity index (χ4v) is 3.76. The van der Waals surface area contributed by atoms with Crippen LogP contribution >= 0.6 is 0 Å². The number of halogens is 1. The van der Waals surface area contributed by atoms with Gasteiger partial charge in [-0.1, -0.05) is 42.5 Å². The monoisotopic (exact) mass is 326 g/mol. The maximum atomic E-state index is 13.1. The first kappa shape index (κ1) is 15.8. The van der Waals surface area contributed by atoms with Gasteiger partial charge in [0.1, 0.15) is 5.82 Å². The number of piperazine rings is 1. The summed E-state index contributed by atoms with van der Waals surface area (Å²) >= 11 is 0. The Kier molecular flexibility index (Phi) is 4.60. The molecule has 5 rings (SSSR count). The number of rotatable bonds is 4. The Balaban J connectivity index is 1.45. The smallest absolute Gasteiger partial charge is 0.123 e. The fraction of sp³-hybridized carbons (Fsp3) is 0.400. The quantitative estimate of drug-likeness (QED) is 0.859. The van der Waals surface area contributed by atoms with E-state index in [1.165, 1.54) is 11.1 Å². The van der Waals surface area contributed by atoms with E-state index in [1.54, 1.807) is 12.1 Å². The van der Waals surface area contributed by atoms with Crippen LogP contribution in [0, 0.1) is 5.82 Å². The van der Waals surface area contributed by atoms with Gasteiger partial charge in [0.05, 0.1) is 13.2 Å². The molecule has 3 aliphatic rings. The molecule has 2 bridgehead atoms. The Bertz CT molecular complexity index is 661. The van der Waals surface area contributed by atoms with E-state index in [1.807, 2.05) is 12.1 Å². The second-order valence-electron chi connectivity index (χ2n) is 6.82. The Morgan fingerprint density at radius 3 is 1.92 bits per heavy atom.